The van der Waals surface area contributed by atoms with Crippen LogP contribution in [0.4, 0.5) is 0 Å². The molecule has 1 aromatic carbocycles. The molecule has 18 heavy (non-hydrogen) atoms. The molecule has 0 bridgehead atoms. The van der Waals surface area contributed by atoms with Gasteiger partial charge in [0.2, 0.25) is 0 Å². The molecule has 0 spiro atoms. The van der Waals surface area contributed by atoms with Crippen molar-refractivity contribution in [2.24, 2.45) is 0 Å². The number of halogens is 1. The molecule has 3 nitrogen and oxygen atoms in total. The van der Waals surface area contributed by atoms with E-state index in [2.05, 4.69) is 35.2 Å². The topological polar surface area (TPSA) is 30.7 Å². The summed E-state index contributed by atoms with van der Waals surface area (Å²) in [6, 6.07) is 10.1. The second-order valence-corrected chi connectivity index (χ2v) is 4.43. The fourth-order valence-corrected chi connectivity index (χ4v) is 2.34. The average molecular weight is 258 g/mol. The lowest BCUT2D eigenvalue weighted by Gasteiger charge is -2.04. The number of aryl methyl sites for hydroxylation is 1. The van der Waals surface area contributed by atoms with Crippen molar-refractivity contribution < 1.29 is 0 Å². The standard InChI is InChI=1S/C14H12ClN3/c1-2-18-13-6-5-10(8-11(13)9-17-18)12-4-3-7-16-14(12)15/h3-9H,2H2,1H3. The molecule has 0 fully saturated rings. The number of rotatable bonds is 2. The van der Waals surface area contributed by atoms with E-state index in [0.717, 1.165) is 28.6 Å². The normalized spacial score (nSPS) is 11.0. The van der Waals surface area contributed by atoms with E-state index >= 15 is 0 Å². The van der Waals surface area contributed by atoms with Gasteiger partial charge in [0.15, 0.2) is 0 Å². The number of hydrogen-bond acceptors (Lipinski definition) is 2. The van der Waals surface area contributed by atoms with Gasteiger partial charge in [-0.05, 0) is 36.8 Å². The molecular formula is C14H12ClN3. The van der Waals surface area contributed by atoms with E-state index in [9.17, 15) is 0 Å². The van der Waals surface area contributed by atoms with E-state index in [1.54, 1.807) is 6.20 Å². The third kappa shape index (κ3) is 1.77. The molecule has 4 heteroatoms. The van der Waals surface area contributed by atoms with Gasteiger partial charge < -0.3 is 0 Å². The van der Waals surface area contributed by atoms with Gasteiger partial charge in [0.25, 0.3) is 0 Å². The molecule has 3 aromatic rings. The maximum absolute atomic E-state index is 6.11. The molecule has 90 valence electrons. The summed E-state index contributed by atoms with van der Waals surface area (Å²) < 4.78 is 1.98. The van der Waals surface area contributed by atoms with Gasteiger partial charge in [-0.25, -0.2) is 4.98 Å². The van der Waals surface area contributed by atoms with Crippen LogP contribution in [0.1, 0.15) is 6.92 Å². The average Bonchev–Trinajstić information content (AvgIpc) is 2.81. The Labute approximate surface area is 110 Å². The first kappa shape index (κ1) is 11.2. The summed E-state index contributed by atoms with van der Waals surface area (Å²) in [6.07, 6.45) is 3.58. The fourth-order valence-electron chi connectivity index (χ4n) is 2.11. The van der Waals surface area contributed by atoms with Gasteiger partial charge >= 0.3 is 0 Å². The first-order valence-corrected chi connectivity index (χ1v) is 6.24. The number of benzene rings is 1. The van der Waals surface area contributed by atoms with Crippen molar-refractivity contribution in [1.82, 2.24) is 14.8 Å². The Morgan fingerprint density at radius 2 is 2.17 bits per heavy atom. The lowest BCUT2D eigenvalue weighted by Crippen LogP contribution is -1.94. The zero-order valence-corrected chi connectivity index (χ0v) is 10.7. The van der Waals surface area contributed by atoms with Gasteiger partial charge in [-0.1, -0.05) is 17.7 Å². The van der Waals surface area contributed by atoms with Crippen molar-refractivity contribution in [1.29, 1.82) is 0 Å². The molecule has 0 saturated heterocycles. The molecule has 0 aliphatic carbocycles. The molecule has 0 saturated carbocycles. The number of fused-ring (bicyclic) bond motifs is 1. The van der Waals surface area contributed by atoms with E-state index in [0.29, 0.717) is 5.15 Å². The highest BCUT2D eigenvalue weighted by atomic mass is 35.5. The van der Waals surface area contributed by atoms with Crippen LogP contribution in [0.5, 0.6) is 0 Å². The molecule has 0 aliphatic rings. The van der Waals surface area contributed by atoms with Crippen LogP contribution in [-0.2, 0) is 6.54 Å². The van der Waals surface area contributed by atoms with Crippen molar-refractivity contribution in [3.63, 3.8) is 0 Å². The van der Waals surface area contributed by atoms with Crippen LogP contribution < -0.4 is 0 Å². The van der Waals surface area contributed by atoms with Gasteiger partial charge in [-0.2, -0.15) is 5.10 Å². The third-order valence-electron chi connectivity index (χ3n) is 3.01. The van der Waals surface area contributed by atoms with Crippen LogP contribution in [0.3, 0.4) is 0 Å². The molecule has 0 aliphatic heterocycles. The van der Waals surface area contributed by atoms with Crippen molar-refractivity contribution in [2.45, 2.75) is 13.5 Å². The van der Waals surface area contributed by atoms with Gasteiger partial charge in [0.1, 0.15) is 5.15 Å². The molecule has 0 radical (unpaired) electrons. The minimum Gasteiger partial charge on any atom is -0.265 e. The smallest absolute Gasteiger partial charge is 0.136 e. The van der Waals surface area contributed by atoms with Crippen LogP contribution in [0, 0.1) is 0 Å². The molecule has 0 N–H and O–H groups in total. The van der Waals surface area contributed by atoms with Gasteiger partial charge in [0.05, 0.1) is 11.7 Å². The fraction of sp³-hybridized carbons (Fsp3) is 0.143. The van der Waals surface area contributed by atoms with Crippen molar-refractivity contribution in [3.8, 4) is 11.1 Å². The highest BCUT2D eigenvalue weighted by Gasteiger charge is 2.06. The van der Waals surface area contributed by atoms with Crippen LogP contribution in [0.2, 0.25) is 5.15 Å². The Balaban J connectivity index is 2.17. The summed E-state index contributed by atoms with van der Waals surface area (Å²) >= 11 is 6.11. The summed E-state index contributed by atoms with van der Waals surface area (Å²) in [5, 5.41) is 5.99. The van der Waals surface area contributed by atoms with E-state index in [4.69, 9.17) is 11.6 Å². The Morgan fingerprint density at radius 3 is 2.94 bits per heavy atom. The lowest BCUT2D eigenvalue weighted by atomic mass is 10.1. The number of nitrogens with zero attached hydrogens (tertiary/aromatic N) is 3. The Bertz CT molecular complexity index is 703. The monoisotopic (exact) mass is 257 g/mol. The van der Waals surface area contributed by atoms with E-state index in [-0.39, 0.29) is 0 Å². The van der Waals surface area contributed by atoms with E-state index in [1.807, 2.05) is 23.0 Å². The number of hydrogen-bond donors (Lipinski definition) is 0. The zero-order chi connectivity index (χ0) is 12.5. The van der Waals surface area contributed by atoms with E-state index < -0.39 is 0 Å². The first-order valence-electron chi connectivity index (χ1n) is 5.86. The number of aromatic nitrogens is 3. The Morgan fingerprint density at radius 1 is 1.28 bits per heavy atom. The maximum Gasteiger partial charge on any atom is 0.136 e. The summed E-state index contributed by atoms with van der Waals surface area (Å²) in [4.78, 5) is 4.10. The van der Waals surface area contributed by atoms with Crippen LogP contribution in [0.15, 0.2) is 42.7 Å². The minimum atomic E-state index is 0.528. The molecule has 0 atom stereocenters. The molecule has 2 heterocycles. The highest BCUT2D eigenvalue weighted by molar-refractivity contribution is 6.32. The summed E-state index contributed by atoms with van der Waals surface area (Å²) in [5.74, 6) is 0. The second-order valence-electron chi connectivity index (χ2n) is 4.08. The SMILES string of the molecule is CCn1ncc2cc(-c3cccnc3Cl)ccc21. The van der Waals surface area contributed by atoms with Crippen LogP contribution in [0.25, 0.3) is 22.0 Å². The predicted molar refractivity (Wildman–Crippen MR) is 73.6 cm³/mol. The quantitative estimate of drug-likeness (QED) is 0.654. The van der Waals surface area contributed by atoms with Gasteiger partial charge in [-0.3, -0.25) is 4.68 Å². The molecule has 0 amide bonds. The number of pyridine rings is 1. The summed E-state index contributed by atoms with van der Waals surface area (Å²) in [7, 11) is 0. The molecule has 0 unspecified atom stereocenters. The zero-order valence-electron chi connectivity index (χ0n) is 9.97. The Kier molecular flexibility index (Phi) is 2.76. The van der Waals surface area contributed by atoms with Crippen LogP contribution >= 0.6 is 11.6 Å². The predicted octanol–water partition coefficient (Wildman–Crippen LogP) is 3.77. The first-order chi connectivity index (χ1) is 8.79. The van der Waals surface area contributed by atoms with Crippen molar-refractivity contribution in [2.75, 3.05) is 0 Å². The largest absolute Gasteiger partial charge is 0.265 e. The third-order valence-corrected chi connectivity index (χ3v) is 3.31. The second kappa shape index (κ2) is 4.42. The molecule has 2 aromatic heterocycles. The lowest BCUT2D eigenvalue weighted by molar-refractivity contribution is 0.684. The van der Waals surface area contributed by atoms with Gasteiger partial charge in [-0.15, -0.1) is 0 Å². The minimum absolute atomic E-state index is 0.528. The Hall–Kier alpha value is -1.87. The maximum atomic E-state index is 6.11. The summed E-state index contributed by atoms with van der Waals surface area (Å²) in [5.41, 5.74) is 3.16. The summed E-state index contributed by atoms with van der Waals surface area (Å²) in [6.45, 7) is 2.95. The van der Waals surface area contributed by atoms with E-state index in [1.165, 1.54) is 0 Å². The van der Waals surface area contributed by atoms with Crippen molar-refractivity contribution >= 4 is 22.5 Å². The van der Waals surface area contributed by atoms with Gasteiger partial charge in [0, 0.05) is 23.7 Å². The molecular weight excluding hydrogens is 246 g/mol. The van der Waals surface area contributed by atoms with Crippen molar-refractivity contribution in [3.05, 3.63) is 47.9 Å². The molecule has 3 rings (SSSR count). The van der Waals surface area contributed by atoms with Crippen LogP contribution in [-0.4, -0.2) is 14.8 Å². The highest BCUT2D eigenvalue weighted by Crippen LogP contribution is 2.28.